The number of benzene rings is 1. The van der Waals surface area contributed by atoms with Crippen LogP contribution in [-0.2, 0) is 6.42 Å². The van der Waals surface area contributed by atoms with E-state index < -0.39 is 11.9 Å². The molecule has 0 bridgehead atoms. The van der Waals surface area contributed by atoms with Crippen LogP contribution in [0.1, 0.15) is 5.56 Å². The van der Waals surface area contributed by atoms with E-state index in [1.54, 1.807) is 12.1 Å². The fraction of sp³-hybridized carbons (Fsp3) is 0.154. The van der Waals surface area contributed by atoms with Crippen molar-refractivity contribution < 1.29 is 18.4 Å². The minimum Gasteiger partial charge on any atom is -0.282 e. The van der Waals surface area contributed by atoms with Crippen molar-refractivity contribution in [1.82, 2.24) is 5.06 Å². The Kier molecular flexibility index (Phi) is 2.50. The van der Waals surface area contributed by atoms with Crippen molar-refractivity contribution in [2.45, 2.75) is 12.6 Å². The van der Waals surface area contributed by atoms with Gasteiger partial charge in [-0.15, -0.1) is 0 Å². The van der Waals surface area contributed by atoms with E-state index >= 15 is 0 Å². The number of para-hydroxylation sites is 1. The van der Waals surface area contributed by atoms with Gasteiger partial charge in [0.05, 0.1) is 5.69 Å². The largest absolute Gasteiger partial charge is 0.433 e. The van der Waals surface area contributed by atoms with Crippen LogP contribution in [0.5, 0.6) is 0 Å². The monoisotopic (exact) mass is 266 g/mol. The summed E-state index contributed by atoms with van der Waals surface area (Å²) in [7, 11) is 0. The molecule has 19 heavy (non-hydrogen) atoms. The Balaban J connectivity index is 2.08. The number of hydrogen-bond donors (Lipinski definition) is 1. The molecule has 2 heterocycles. The Labute approximate surface area is 106 Å². The lowest BCUT2D eigenvalue weighted by molar-refractivity contribution is -0.140. The second-order valence-electron chi connectivity index (χ2n) is 4.29. The molecule has 0 spiro atoms. The molecule has 0 saturated heterocycles. The lowest BCUT2D eigenvalue weighted by Crippen LogP contribution is -2.38. The maximum Gasteiger partial charge on any atom is 0.433 e. The Hall–Kier alpha value is -2.08. The van der Waals surface area contributed by atoms with Crippen molar-refractivity contribution >= 4 is 11.5 Å². The number of fused-ring (bicyclic) bond motifs is 2. The first-order chi connectivity index (χ1) is 8.97. The Morgan fingerprint density at radius 1 is 1.16 bits per heavy atom. The highest BCUT2D eigenvalue weighted by atomic mass is 19.4. The Bertz CT molecular complexity index is 629. The van der Waals surface area contributed by atoms with Crippen molar-refractivity contribution in [3.8, 4) is 0 Å². The van der Waals surface area contributed by atoms with Gasteiger partial charge in [-0.2, -0.15) is 13.2 Å². The molecule has 0 radical (unpaired) electrons. The van der Waals surface area contributed by atoms with Gasteiger partial charge in [-0.05, 0) is 17.7 Å². The quantitative estimate of drug-likeness (QED) is 0.781. The number of halogens is 3. The fourth-order valence-electron chi connectivity index (χ4n) is 2.14. The summed E-state index contributed by atoms with van der Waals surface area (Å²) in [5.41, 5.74) is 0.940. The lowest BCUT2D eigenvalue weighted by Gasteiger charge is -2.30. The summed E-state index contributed by atoms with van der Waals surface area (Å²) < 4.78 is 38.1. The molecule has 0 aliphatic carbocycles. The van der Waals surface area contributed by atoms with E-state index in [-0.39, 0.29) is 10.9 Å². The first-order valence-electron chi connectivity index (χ1n) is 5.61. The van der Waals surface area contributed by atoms with Gasteiger partial charge in [-0.3, -0.25) is 5.21 Å². The zero-order valence-corrected chi connectivity index (χ0v) is 9.65. The normalized spacial score (nSPS) is 18.1. The predicted molar refractivity (Wildman–Crippen MR) is 63.1 cm³/mol. The van der Waals surface area contributed by atoms with Gasteiger partial charge in [0.15, 0.2) is 11.5 Å². The molecule has 3 nitrogen and oxygen atoms in total. The highest BCUT2D eigenvalue weighted by Gasteiger charge is 2.41. The van der Waals surface area contributed by atoms with Gasteiger partial charge in [-0.25, -0.2) is 10.1 Å². The van der Waals surface area contributed by atoms with E-state index in [0.29, 0.717) is 17.7 Å². The average molecular weight is 266 g/mol. The number of alkyl halides is 3. The van der Waals surface area contributed by atoms with Crippen LogP contribution in [0.4, 0.5) is 18.9 Å². The topological polar surface area (TPSA) is 35.8 Å². The fourth-order valence-corrected chi connectivity index (χ4v) is 2.14. The highest BCUT2D eigenvalue weighted by molar-refractivity contribution is 6.03. The Morgan fingerprint density at radius 2 is 1.89 bits per heavy atom. The van der Waals surface area contributed by atoms with Crippen LogP contribution in [0.15, 0.2) is 52.7 Å². The van der Waals surface area contributed by atoms with Gasteiger partial charge in [-0.1, -0.05) is 24.3 Å². The van der Waals surface area contributed by atoms with E-state index in [9.17, 15) is 18.4 Å². The summed E-state index contributed by atoms with van der Waals surface area (Å²) in [5, 5.41) is 9.82. The molecule has 0 unspecified atom stereocenters. The second kappa shape index (κ2) is 3.96. The van der Waals surface area contributed by atoms with Crippen LogP contribution in [-0.4, -0.2) is 22.3 Å². The summed E-state index contributed by atoms with van der Waals surface area (Å²) in [6, 6.07) is 7.17. The van der Waals surface area contributed by atoms with Crippen molar-refractivity contribution in [1.29, 1.82) is 0 Å². The summed E-state index contributed by atoms with van der Waals surface area (Å²) in [4.78, 5) is 4.10. The van der Waals surface area contributed by atoms with Crippen LogP contribution in [0.25, 0.3) is 0 Å². The predicted octanol–water partition coefficient (Wildman–Crippen LogP) is 3.35. The molecular weight excluding hydrogens is 257 g/mol. The minimum atomic E-state index is -4.61. The van der Waals surface area contributed by atoms with Gasteiger partial charge in [0.2, 0.25) is 0 Å². The van der Waals surface area contributed by atoms with Crippen LogP contribution in [0.3, 0.4) is 0 Å². The molecule has 1 aromatic carbocycles. The van der Waals surface area contributed by atoms with Gasteiger partial charge in [0, 0.05) is 12.0 Å². The number of hydrogen-bond acceptors (Lipinski definition) is 3. The summed E-state index contributed by atoms with van der Waals surface area (Å²) in [6.45, 7) is 0. The van der Waals surface area contributed by atoms with Gasteiger partial charge in [0.25, 0.3) is 0 Å². The average Bonchev–Trinajstić information content (AvgIpc) is 2.36. The molecule has 1 aromatic rings. The van der Waals surface area contributed by atoms with E-state index in [4.69, 9.17) is 0 Å². The van der Waals surface area contributed by atoms with E-state index in [0.717, 1.165) is 11.6 Å². The third kappa shape index (κ3) is 1.94. The molecular formula is C13H9F3N2O. The summed E-state index contributed by atoms with van der Waals surface area (Å²) in [5.74, 6) is -0.0616. The van der Waals surface area contributed by atoms with E-state index in [2.05, 4.69) is 4.99 Å². The van der Waals surface area contributed by atoms with Crippen molar-refractivity contribution in [2.24, 2.45) is 4.99 Å². The van der Waals surface area contributed by atoms with Crippen molar-refractivity contribution in [3.63, 3.8) is 0 Å². The maximum atomic E-state index is 12.7. The number of rotatable bonds is 0. The molecule has 3 rings (SSSR count). The molecule has 6 heteroatoms. The smallest absolute Gasteiger partial charge is 0.282 e. The van der Waals surface area contributed by atoms with Gasteiger partial charge >= 0.3 is 6.18 Å². The molecule has 0 saturated carbocycles. The number of amidine groups is 1. The van der Waals surface area contributed by atoms with Gasteiger partial charge < -0.3 is 0 Å². The summed E-state index contributed by atoms with van der Waals surface area (Å²) >= 11 is 0. The Morgan fingerprint density at radius 3 is 2.63 bits per heavy atom. The maximum absolute atomic E-state index is 12.7. The molecule has 0 amide bonds. The zero-order chi connectivity index (χ0) is 13.6. The lowest BCUT2D eigenvalue weighted by atomic mass is 9.97. The first kappa shape index (κ1) is 12.0. The third-order valence-corrected chi connectivity index (χ3v) is 3.05. The van der Waals surface area contributed by atoms with E-state index in [1.165, 1.54) is 6.08 Å². The van der Waals surface area contributed by atoms with Crippen LogP contribution < -0.4 is 0 Å². The molecule has 0 atom stereocenters. The van der Waals surface area contributed by atoms with E-state index in [1.807, 2.05) is 12.1 Å². The zero-order valence-electron chi connectivity index (χ0n) is 9.65. The SMILES string of the molecule is ON1C(C(F)(F)F)=CC=C2Cc3ccccc3N=C21. The van der Waals surface area contributed by atoms with Crippen molar-refractivity contribution in [3.05, 3.63) is 53.3 Å². The number of hydroxylamine groups is 2. The minimum absolute atomic E-state index is 0.0616. The number of nitrogens with zero attached hydrogens (tertiary/aromatic N) is 2. The third-order valence-electron chi connectivity index (χ3n) is 3.05. The van der Waals surface area contributed by atoms with Crippen LogP contribution >= 0.6 is 0 Å². The van der Waals surface area contributed by atoms with Crippen molar-refractivity contribution in [2.75, 3.05) is 0 Å². The molecule has 98 valence electrons. The van der Waals surface area contributed by atoms with Gasteiger partial charge in [0.1, 0.15) is 0 Å². The summed E-state index contributed by atoms with van der Waals surface area (Å²) in [6.07, 6.45) is -1.95. The molecule has 0 fully saturated rings. The number of allylic oxidation sites excluding steroid dienone is 3. The highest BCUT2D eigenvalue weighted by Crippen LogP contribution is 2.36. The standard InChI is InChI=1S/C13H9F3N2O/c14-13(15,16)11-6-5-9-7-8-3-1-2-4-10(8)17-12(9)18(11)19/h1-6,19H,7H2. The molecule has 2 aliphatic rings. The molecule has 0 aromatic heterocycles. The molecule has 2 aliphatic heterocycles. The van der Waals surface area contributed by atoms with Crippen LogP contribution in [0.2, 0.25) is 0 Å². The molecule has 1 N–H and O–H groups in total. The second-order valence-corrected chi connectivity index (χ2v) is 4.29. The number of aliphatic imine (C=N–C) groups is 1. The first-order valence-corrected chi connectivity index (χ1v) is 5.61. The van der Waals surface area contributed by atoms with Crippen LogP contribution in [0, 0.1) is 0 Å².